The summed E-state index contributed by atoms with van der Waals surface area (Å²) >= 11 is 0. The normalized spacial score (nSPS) is 11.1. The molecule has 0 spiro atoms. The van der Waals surface area contributed by atoms with E-state index in [4.69, 9.17) is 11.2 Å². The highest BCUT2D eigenvalue weighted by atomic mass is 16.5. The topological polar surface area (TPSA) is 105 Å². The number of para-hydroxylation sites is 2. The average molecular weight is 416 g/mol. The lowest BCUT2D eigenvalue weighted by molar-refractivity contribution is -0.122. The van der Waals surface area contributed by atoms with Crippen LogP contribution < -0.4 is 10.1 Å². The zero-order chi connectivity index (χ0) is 22.2. The number of aromatic hydroxyl groups is 1. The summed E-state index contributed by atoms with van der Waals surface area (Å²) in [5, 5.41) is 20.9. The first-order chi connectivity index (χ1) is 15.0. The Bertz CT molecular complexity index is 1220. The van der Waals surface area contributed by atoms with E-state index in [-0.39, 0.29) is 24.7 Å². The number of aromatic nitrogens is 1. The summed E-state index contributed by atoms with van der Waals surface area (Å²) in [6.45, 7) is -0.202. The van der Waals surface area contributed by atoms with Crippen molar-refractivity contribution in [1.29, 1.82) is 0 Å². The summed E-state index contributed by atoms with van der Waals surface area (Å²) in [7, 11) is 1.54. The van der Waals surface area contributed by atoms with Crippen LogP contribution in [0.25, 0.3) is 17.0 Å². The minimum absolute atomic E-state index is 0.140. The van der Waals surface area contributed by atoms with Crippen LogP contribution in [0.5, 0.6) is 11.6 Å². The number of carbonyl (C=O) groups is 2. The van der Waals surface area contributed by atoms with Crippen LogP contribution in [0, 0.1) is 12.3 Å². The molecule has 31 heavy (non-hydrogen) atoms. The first-order valence-corrected chi connectivity index (χ1v) is 9.32. The number of amides is 2. The summed E-state index contributed by atoms with van der Waals surface area (Å²) in [5.74, 6) is 1.76. The molecule has 0 fully saturated rings. The minimum atomic E-state index is -0.674. The predicted octanol–water partition coefficient (Wildman–Crippen LogP) is 3.43. The molecular weight excluding hydrogens is 396 g/mol. The second kappa shape index (κ2) is 9.89. The van der Waals surface area contributed by atoms with Gasteiger partial charge >= 0.3 is 0 Å². The van der Waals surface area contributed by atoms with Gasteiger partial charge in [0.05, 0.1) is 19.2 Å². The molecule has 8 heteroatoms. The first-order valence-electron chi connectivity index (χ1n) is 9.32. The van der Waals surface area contributed by atoms with Gasteiger partial charge in [0.15, 0.2) is 5.69 Å². The molecule has 156 valence electrons. The van der Waals surface area contributed by atoms with E-state index in [9.17, 15) is 14.7 Å². The summed E-state index contributed by atoms with van der Waals surface area (Å²) in [5.41, 5.74) is 1.54. The Kier molecular flexibility index (Phi) is 6.81. The lowest BCUT2D eigenvalue weighted by Crippen LogP contribution is -2.26. The molecular formula is C23H20N4O4. The second-order valence-corrected chi connectivity index (χ2v) is 6.37. The molecule has 0 aliphatic rings. The number of nitrogens with one attached hydrogen (secondary N) is 1. The van der Waals surface area contributed by atoms with Crippen LogP contribution in [0.3, 0.4) is 0 Å². The van der Waals surface area contributed by atoms with Crippen molar-refractivity contribution in [3.05, 3.63) is 60.2 Å². The molecule has 2 amide bonds. The molecule has 2 N–H and O–H groups in total. The van der Waals surface area contributed by atoms with Gasteiger partial charge in [0.25, 0.3) is 5.91 Å². The maximum atomic E-state index is 12.0. The smallest absolute Gasteiger partial charge is 0.283 e. The molecule has 1 heterocycles. The fraction of sp³-hybridized carbons (Fsp3) is 0.130. The van der Waals surface area contributed by atoms with Gasteiger partial charge in [-0.05, 0) is 18.2 Å². The number of fused-ring (bicyclic) bond motifs is 1. The van der Waals surface area contributed by atoms with Gasteiger partial charge in [0, 0.05) is 17.0 Å². The van der Waals surface area contributed by atoms with Gasteiger partial charge in [-0.3, -0.25) is 14.2 Å². The Morgan fingerprint density at radius 2 is 1.97 bits per heavy atom. The van der Waals surface area contributed by atoms with E-state index >= 15 is 0 Å². The maximum Gasteiger partial charge on any atom is 0.283 e. The van der Waals surface area contributed by atoms with E-state index in [0.717, 1.165) is 5.56 Å². The van der Waals surface area contributed by atoms with Crippen molar-refractivity contribution < 1.29 is 19.4 Å². The SMILES string of the molecule is C#CCn1c(O)c(N=NC(=O)CNC(=O)/C=C/c2ccccc2OC)c2ccccc21. The van der Waals surface area contributed by atoms with Crippen LogP contribution in [0.15, 0.2) is 64.8 Å². The third-order valence-corrected chi connectivity index (χ3v) is 4.40. The Morgan fingerprint density at radius 1 is 1.23 bits per heavy atom. The van der Waals surface area contributed by atoms with Gasteiger partial charge in [-0.1, -0.05) is 42.3 Å². The highest BCUT2D eigenvalue weighted by molar-refractivity contribution is 5.96. The van der Waals surface area contributed by atoms with Crippen LogP contribution >= 0.6 is 0 Å². The predicted molar refractivity (Wildman–Crippen MR) is 117 cm³/mol. The largest absolute Gasteiger partial charge is 0.496 e. The average Bonchev–Trinajstić information content (AvgIpc) is 3.06. The molecule has 0 bridgehead atoms. The molecule has 1 aromatic heterocycles. The molecule has 0 atom stereocenters. The van der Waals surface area contributed by atoms with Gasteiger partial charge in [0.2, 0.25) is 11.8 Å². The summed E-state index contributed by atoms with van der Waals surface area (Å²) in [6, 6.07) is 14.3. The number of azo groups is 1. The Balaban J connectivity index is 1.65. The number of rotatable bonds is 7. The van der Waals surface area contributed by atoms with Crippen molar-refractivity contribution in [2.45, 2.75) is 6.54 Å². The number of hydrogen-bond donors (Lipinski definition) is 2. The second-order valence-electron chi connectivity index (χ2n) is 6.37. The molecule has 8 nitrogen and oxygen atoms in total. The van der Waals surface area contributed by atoms with E-state index in [1.165, 1.54) is 17.8 Å². The molecule has 3 aromatic rings. The Hall–Kier alpha value is -4.38. The summed E-state index contributed by atoms with van der Waals surface area (Å²) in [6.07, 6.45) is 8.23. The third kappa shape index (κ3) is 4.97. The van der Waals surface area contributed by atoms with Crippen LogP contribution in [-0.4, -0.2) is 35.1 Å². The van der Waals surface area contributed by atoms with Crippen LogP contribution in [0.4, 0.5) is 5.69 Å². The zero-order valence-electron chi connectivity index (χ0n) is 16.8. The lowest BCUT2D eigenvalue weighted by atomic mass is 10.2. The molecule has 2 aromatic carbocycles. The first kappa shape index (κ1) is 21.3. The quantitative estimate of drug-likeness (QED) is 0.350. The highest BCUT2D eigenvalue weighted by Gasteiger charge is 2.16. The van der Waals surface area contributed by atoms with E-state index in [0.29, 0.717) is 16.7 Å². The van der Waals surface area contributed by atoms with Crippen molar-refractivity contribution >= 4 is 34.5 Å². The van der Waals surface area contributed by atoms with Gasteiger partial charge in [-0.2, -0.15) is 0 Å². The number of benzene rings is 2. The molecule has 0 aliphatic carbocycles. The van der Waals surface area contributed by atoms with Gasteiger partial charge in [0.1, 0.15) is 12.3 Å². The number of nitrogens with zero attached hydrogens (tertiary/aromatic N) is 3. The van der Waals surface area contributed by atoms with Crippen molar-refractivity contribution in [1.82, 2.24) is 9.88 Å². The molecule has 0 unspecified atom stereocenters. The molecule has 0 aliphatic heterocycles. The van der Waals surface area contributed by atoms with Crippen molar-refractivity contribution in [2.24, 2.45) is 10.2 Å². The number of terminal acetylenes is 1. The molecule has 0 saturated carbocycles. The number of hydrogen-bond acceptors (Lipinski definition) is 5. The minimum Gasteiger partial charge on any atom is -0.496 e. The standard InChI is InChI=1S/C23H20N4O4/c1-3-14-27-18-10-6-5-9-17(18)22(23(27)30)26-25-21(29)15-24-20(28)13-12-16-8-4-7-11-19(16)31-2/h1,4-13,30H,14-15H2,2H3,(H,24,28)/b13-12+,26-25?. The number of methoxy groups -OCH3 is 1. The Morgan fingerprint density at radius 3 is 2.74 bits per heavy atom. The van der Waals surface area contributed by atoms with E-state index < -0.39 is 11.8 Å². The Labute approximate surface area is 178 Å². The maximum absolute atomic E-state index is 12.0. The molecule has 0 saturated heterocycles. The van der Waals surface area contributed by atoms with E-state index in [1.54, 1.807) is 42.5 Å². The summed E-state index contributed by atoms with van der Waals surface area (Å²) in [4.78, 5) is 24.0. The fourth-order valence-electron chi connectivity index (χ4n) is 2.95. The zero-order valence-corrected chi connectivity index (χ0v) is 16.8. The number of ether oxygens (including phenoxy) is 1. The van der Waals surface area contributed by atoms with Crippen molar-refractivity contribution in [3.63, 3.8) is 0 Å². The van der Waals surface area contributed by atoms with Crippen LogP contribution in [0.2, 0.25) is 0 Å². The van der Waals surface area contributed by atoms with Crippen LogP contribution in [-0.2, 0) is 16.1 Å². The number of carbonyl (C=O) groups excluding carboxylic acids is 2. The van der Waals surface area contributed by atoms with Crippen LogP contribution in [0.1, 0.15) is 5.56 Å². The van der Waals surface area contributed by atoms with Gasteiger partial charge in [-0.15, -0.1) is 16.7 Å². The molecule has 3 rings (SSSR count). The third-order valence-electron chi connectivity index (χ3n) is 4.40. The monoisotopic (exact) mass is 416 g/mol. The lowest BCUT2D eigenvalue weighted by Gasteiger charge is -2.03. The molecule has 0 radical (unpaired) electrons. The van der Waals surface area contributed by atoms with E-state index in [1.807, 2.05) is 12.1 Å². The summed E-state index contributed by atoms with van der Waals surface area (Å²) < 4.78 is 6.71. The van der Waals surface area contributed by atoms with Crippen molar-refractivity contribution in [2.75, 3.05) is 13.7 Å². The van der Waals surface area contributed by atoms with Gasteiger partial charge < -0.3 is 15.2 Å². The highest BCUT2D eigenvalue weighted by Crippen LogP contribution is 2.38. The fourth-order valence-corrected chi connectivity index (χ4v) is 2.95. The van der Waals surface area contributed by atoms with Gasteiger partial charge in [-0.25, -0.2) is 0 Å². The van der Waals surface area contributed by atoms with E-state index in [2.05, 4.69) is 21.5 Å². The van der Waals surface area contributed by atoms with Crippen molar-refractivity contribution in [3.8, 4) is 24.0 Å².